The molecule has 0 aliphatic heterocycles. The monoisotopic (exact) mass is 921 g/mol. The lowest BCUT2D eigenvalue weighted by Crippen LogP contribution is -2.28. The molecule has 0 rings (SSSR count). The fraction of sp³-hybridized carbons (Fsp3) is 0.770. The van der Waals surface area contributed by atoms with Gasteiger partial charge in [-0.1, -0.05) is 279 Å². The van der Waals surface area contributed by atoms with Gasteiger partial charge in [0.1, 0.15) is 6.61 Å². The van der Waals surface area contributed by atoms with E-state index in [2.05, 4.69) is 86.8 Å². The molecule has 0 aliphatic rings. The Morgan fingerprint density at radius 2 is 0.652 bits per heavy atom. The normalized spacial score (nSPS) is 12.7. The maximum absolute atomic E-state index is 12.3. The molecule has 0 radical (unpaired) electrons. The maximum Gasteiger partial charge on any atom is 0.306 e. The third kappa shape index (κ3) is 54.0. The van der Waals surface area contributed by atoms with E-state index in [1.165, 1.54) is 173 Å². The molecule has 0 amide bonds. The number of aliphatic hydroxyl groups excluding tert-OH is 1. The summed E-state index contributed by atoms with van der Waals surface area (Å²) in [6, 6.07) is 0. The second kappa shape index (κ2) is 56.7. The highest BCUT2D eigenvalue weighted by Gasteiger charge is 2.16. The molecule has 1 atom stereocenters. The van der Waals surface area contributed by atoms with Crippen LogP contribution in [0.4, 0.5) is 0 Å². The fourth-order valence-corrected chi connectivity index (χ4v) is 8.27. The number of carbonyl (C=O) groups is 2. The zero-order chi connectivity index (χ0) is 47.7. The molecule has 0 fully saturated rings. The Kier molecular flexibility index (Phi) is 54.4. The molecule has 1 unspecified atom stereocenters. The van der Waals surface area contributed by atoms with Crippen molar-refractivity contribution in [2.75, 3.05) is 13.2 Å². The van der Waals surface area contributed by atoms with Gasteiger partial charge >= 0.3 is 11.9 Å². The Balaban J connectivity index is 3.50. The van der Waals surface area contributed by atoms with E-state index in [0.29, 0.717) is 12.8 Å². The summed E-state index contributed by atoms with van der Waals surface area (Å²) in [7, 11) is 0. The van der Waals surface area contributed by atoms with E-state index >= 15 is 0 Å². The lowest BCUT2D eigenvalue weighted by molar-refractivity contribution is -0.161. The third-order valence-electron chi connectivity index (χ3n) is 12.5. The van der Waals surface area contributed by atoms with Crippen molar-refractivity contribution in [2.45, 2.75) is 290 Å². The zero-order valence-corrected chi connectivity index (χ0v) is 43.7. The fourth-order valence-electron chi connectivity index (χ4n) is 8.27. The van der Waals surface area contributed by atoms with Gasteiger partial charge in [-0.25, -0.2) is 0 Å². The Bertz CT molecular complexity index is 1180. The summed E-state index contributed by atoms with van der Waals surface area (Å²) < 4.78 is 10.7. The highest BCUT2D eigenvalue weighted by molar-refractivity contribution is 5.70. The molecular weight excluding hydrogens is 813 g/mol. The van der Waals surface area contributed by atoms with Crippen molar-refractivity contribution in [1.29, 1.82) is 0 Å². The minimum absolute atomic E-state index is 0.0721. The SMILES string of the molecule is CC/C=C\C/C=C\C/C=C\C/C=C\C/C=C\C/C=C\CCCCCCCCC(=O)OC(CO)COC(=O)CCCCCCCCCCCCCCCCCCCCCCCCCCCCC. The summed E-state index contributed by atoms with van der Waals surface area (Å²) >= 11 is 0. The van der Waals surface area contributed by atoms with Gasteiger partial charge in [-0.3, -0.25) is 9.59 Å². The van der Waals surface area contributed by atoms with Crippen LogP contribution in [0.25, 0.3) is 0 Å². The van der Waals surface area contributed by atoms with E-state index in [4.69, 9.17) is 9.47 Å². The summed E-state index contributed by atoms with van der Waals surface area (Å²) in [6.45, 7) is 4.05. The number of allylic oxidation sites excluding steroid dienone is 12. The Labute approximate surface area is 410 Å². The van der Waals surface area contributed by atoms with Gasteiger partial charge in [0.15, 0.2) is 6.10 Å². The van der Waals surface area contributed by atoms with Crippen LogP contribution >= 0.6 is 0 Å². The van der Waals surface area contributed by atoms with Gasteiger partial charge in [-0.05, 0) is 64.2 Å². The number of rotatable bonds is 52. The van der Waals surface area contributed by atoms with Crippen LogP contribution in [0.3, 0.4) is 0 Å². The second-order valence-electron chi connectivity index (χ2n) is 19.0. The molecule has 0 aliphatic carbocycles. The molecule has 1 N–H and O–H groups in total. The van der Waals surface area contributed by atoms with Crippen LogP contribution in [-0.4, -0.2) is 36.4 Å². The van der Waals surface area contributed by atoms with Crippen molar-refractivity contribution in [2.24, 2.45) is 0 Å². The summed E-state index contributed by atoms with van der Waals surface area (Å²) in [5.74, 6) is -0.599. The van der Waals surface area contributed by atoms with Crippen molar-refractivity contribution in [3.63, 3.8) is 0 Å². The number of hydrogen-bond acceptors (Lipinski definition) is 5. The van der Waals surface area contributed by atoms with Crippen LogP contribution in [-0.2, 0) is 19.1 Å². The van der Waals surface area contributed by atoms with Gasteiger partial charge in [0.25, 0.3) is 0 Å². The maximum atomic E-state index is 12.3. The van der Waals surface area contributed by atoms with Gasteiger partial charge in [0.05, 0.1) is 6.61 Å². The molecule has 5 heteroatoms. The smallest absolute Gasteiger partial charge is 0.306 e. The first-order chi connectivity index (χ1) is 32.6. The lowest BCUT2D eigenvalue weighted by Gasteiger charge is -2.15. The zero-order valence-electron chi connectivity index (χ0n) is 43.7. The number of aliphatic hydroxyl groups is 1. The second-order valence-corrected chi connectivity index (χ2v) is 19.0. The van der Waals surface area contributed by atoms with Crippen LogP contribution in [0.15, 0.2) is 72.9 Å². The van der Waals surface area contributed by atoms with Crippen LogP contribution < -0.4 is 0 Å². The van der Waals surface area contributed by atoms with Crippen molar-refractivity contribution in [3.05, 3.63) is 72.9 Å². The molecule has 5 nitrogen and oxygen atoms in total. The topological polar surface area (TPSA) is 72.8 Å². The molecule has 0 aromatic rings. The Morgan fingerprint density at radius 3 is 0.985 bits per heavy atom. The van der Waals surface area contributed by atoms with Gasteiger partial charge in [-0.15, -0.1) is 0 Å². The first-order valence-corrected chi connectivity index (χ1v) is 28.5. The van der Waals surface area contributed by atoms with Crippen LogP contribution in [0.2, 0.25) is 0 Å². The first kappa shape index (κ1) is 63.3. The van der Waals surface area contributed by atoms with Gasteiger partial charge in [0.2, 0.25) is 0 Å². The number of hydrogen-bond donors (Lipinski definition) is 1. The number of ether oxygens (including phenoxy) is 2. The minimum atomic E-state index is -0.783. The molecule has 0 spiro atoms. The minimum Gasteiger partial charge on any atom is -0.462 e. The van der Waals surface area contributed by atoms with Crippen LogP contribution in [0, 0.1) is 0 Å². The Morgan fingerprint density at radius 1 is 0.364 bits per heavy atom. The molecule has 0 heterocycles. The Hall–Kier alpha value is -2.66. The summed E-state index contributed by atoms with van der Waals surface area (Å²) in [5, 5.41) is 9.65. The highest BCUT2D eigenvalue weighted by Crippen LogP contribution is 2.17. The molecule has 0 bridgehead atoms. The molecular formula is C61H108O5. The predicted molar refractivity (Wildman–Crippen MR) is 288 cm³/mol. The van der Waals surface area contributed by atoms with Crippen LogP contribution in [0.1, 0.15) is 284 Å². The van der Waals surface area contributed by atoms with E-state index in [1.54, 1.807) is 0 Å². The van der Waals surface area contributed by atoms with Crippen LogP contribution in [0.5, 0.6) is 0 Å². The summed E-state index contributed by atoms with van der Waals surface area (Å²) in [5.41, 5.74) is 0. The van der Waals surface area contributed by atoms with E-state index in [1.807, 2.05) is 0 Å². The average Bonchev–Trinajstić information content (AvgIpc) is 3.32. The average molecular weight is 922 g/mol. The third-order valence-corrected chi connectivity index (χ3v) is 12.5. The van der Waals surface area contributed by atoms with Crippen molar-refractivity contribution >= 4 is 11.9 Å². The van der Waals surface area contributed by atoms with Crippen molar-refractivity contribution in [1.82, 2.24) is 0 Å². The van der Waals surface area contributed by atoms with E-state index in [-0.39, 0.29) is 25.2 Å². The largest absolute Gasteiger partial charge is 0.462 e. The molecule has 0 aromatic heterocycles. The van der Waals surface area contributed by atoms with Gasteiger partial charge in [0, 0.05) is 12.8 Å². The lowest BCUT2D eigenvalue weighted by atomic mass is 10.0. The predicted octanol–water partition coefficient (Wildman–Crippen LogP) is 19.2. The van der Waals surface area contributed by atoms with E-state index in [9.17, 15) is 14.7 Å². The number of unbranched alkanes of at least 4 members (excludes halogenated alkanes) is 32. The van der Waals surface area contributed by atoms with Crippen molar-refractivity contribution < 1.29 is 24.2 Å². The van der Waals surface area contributed by atoms with Gasteiger partial charge < -0.3 is 14.6 Å². The molecule has 66 heavy (non-hydrogen) atoms. The standard InChI is InChI=1S/C61H108O5/c1-3-5-7-9-11-13-15-17-19-21-23-25-27-29-30-32-33-35-37-39-41-43-45-47-49-51-53-55-60(63)65-58-59(57-62)66-61(64)56-54-52-50-48-46-44-42-40-38-36-34-31-28-26-24-22-20-18-16-14-12-10-8-6-4-2/h6,8,12,14,18,20,24,26,31,34,38,40,59,62H,3-5,7,9-11,13,15-17,19,21-23,25,27-30,32-33,35-37,39,41-58H2,1-2H3/b8-6-,14-12-,20-18-,26-24-,34-31-,40-38-. The molecule has 0 aromatic carbocycles. The summed E-state index contributed by atoms with van der Waals surface area (Å²) in [6.07, 6.45) is 77.3. The quantitative estimate of drug-likeness (QED) is 0.0374. The molecule has 0 saturated carbocycles. The van der Waals surface area contributed by atoms with E-state index in [0.717, 1.165) is 83.5 Å². The number of esters is 2. The highest BCUT2D eigenvalue weighted by atomic mass is 16.6. The first-order valence-electron chi connectivity index (χ1n) is 28.5. The van der Waals surface area contributed by atoms with Crippen molar-refractivity contribution in [3.8, 4) is 0 Å². The number of carbonyl (C=O) groups excluding carboxylic acids is 2. The molecule has 382 valence electrons. The van der Waals surface area contributed by atoms with Gasteiger partial charge in [-0.2, -0.15) is 0 Å². The molecule has 0 saturated heterocycles. The van der Waals surface area contributed by atoms with E-state index < -0.39 is 6.10 Å². The summed E-state index contributed by atoms with van der Waals surface area (Å²) in [4.78, 5) is 24.5.